The fraction of sp³-hybridized carbons (Fsp3) is 0.500. The topological polar surface area (TPSA) is 40.5 Å². The van der Waals surface area contributed by atoms with Crippen LogP contribution in [0.15, 0.2) is 18.2 Å². The Hall–Kier alpha value is -1.65. The third-order valence-electron chi connectivity index (χ3n) is 4.29. The van der Waals surface area contributed by atoms with Crippen molar-refractivity contribution in [1.29, 1.82) is 0 Å². The minimum absolute atomic E-state index is 0.138. The molecule has 2 aliphatic rings. The van der Waals surface area contributed by atoms with Crippen molar-refractivity contribution in [1.82, 2.24) is 4.90 Å². The van der Waals surface area contributed by atoms with Gasteiger partial charge in [0.05, 0.1) is 0 Å². The van der Waals surface area contributed by atoms with Gasteiger partial charge in [0, 0.05) is 24.6 Å². The minimum Gasteiger partial charge on any atom is -0.465 e. The molecular weight excluding hydrogens is 252 g/mol. The molecule has 3 rings (SSSR count). The van der Waals surface area contributed by atoms with Gasteiger partial charge in [0.15, 0.2) is 0 Å². The third-order valence-corrected chi connectivity index (χ3v) is 4.29. The van der Waals surface area contributed by atoms with Gasteiger partial charge in [-0.05, 0) is 36.8 Å². The molecule has 0 aromatic heterocycles. The number of carboxylic acid groups (broad SMARTS) is 1. The van der Waals surface area contributed by atoms with Crippen LogP contribution in [0.25, 0.3) is 0 Å². The Bertz CT molecular complexity index is 518. The number of carbonyl (C=O) groups is 1. The van der Waals surface area contributed by atoms with Gasteiger partial charge in [-0.25, -0.2) is 13.6 Å². The highest BCUT2D eigenvalue weighted by Gasteiger charge is 2.53. The van der Waals surface area contributed by atoms with Crippen LogP contribution in [-0.4, -0.2) is 29.2 Å². The first-order valence-corrected chi connectivity index (χ1v) is 6.39. The van der Waals surface area contributed by atoms with E-state index in [9.17, 15) is 13.6 Å². The predicted octanol–water partition coefficient (Wildman–Crippen LogP) is 2.90. The SMILES string of the molecule is O=C(O)N1CC2(CC(Cc3ccc(F)cc3F)C2)C1. The maximum Gasteiger partial charge on any atom is 0.407 e. The summed E-state index contributed by atoms with van der Waals surface area (Å²) in [6, 6.07) is 3.70. The molecule has 102 valence electrons. The summed E-state index contributed by atoms with van der Waals surface area (Å²) in [4.78, 5) is 12.1. The lowest BCUT2D eigenvalue weighted by molar-refractivity contribution is -0.0795. The van der Waals surface area contributed by atoms with Gasteiger partial charge in [0.25, 0.3) is 0 Å². The molecule has 5 heteroatoms. The molecule has 1 aromatic carbocycles. The molecule has 1 aliphatic heterocycles. The number of benzene rings is 1. The second kappa shape index (κ2) is 4.18. The average Bonchev–Trinajstić information content (AvgIpc) is 2.21. The number of rotatable bonds is 2. The smallest absolute Gasteiger partial charge is 0.407 e. The van der Waals surface area contributed by atoms with Gasteiger partial charge in [-0.15, -0.1) is 0 Å². The fourth-order valence-corrected chi connectivity index (χ4v) is 3.46. The molecule has 1 aromatic rings. The lowest BCUT2D eigenvalue weighted by atomic mass is 9.56. The molecule has 1 saturated carbocycles. The molecule has 1 heterocycles. The molecule has 1 aliphatic carbocycles. The monoisotopic (exact) mass is 267 g/mol. The van der Waals surface area contributed by atoms with Crippen molar-refractivity contribution >= 4 is 6.09 Å². The Labute approximate surface area is 109 Å². The summed E-state index contributed by atoms with van der Waals surface area (Å²) in [5.41, 5.74) is 0.690. The van der Waals surface area contributed by atoms with Gasteiger partial charge in [0.2, 0.25) is 0 Å². The molecule has 2 fully saturated rings. The van der Waals surface area contributed by atoms with Crippen molar-refractivity contribution in [3.63, 3.8) is 0 Å². The van der Waals surface area contributed by atoms with Crippen LogP contribution in [-0.2, 0) is 6.42 Å². The fourth-order valence-electron chi connectivity index (χ4n) is 3.46. The van der Waals surface area contributed by atoms with Crippen LogP contribution in [0.5, 0.6) is 0 Å². The molecule has 19 heavy (non-hydrogen) atoms. The lowest BCUT2D eigenvalue weighted by Gasteiger charge is -2.58. The van der Waals surface area contributed by atoms with Crippen molar-refractivity contribution in [2.24, 2.45) is 11.3 Å². The summed E-state index contributed by atoms with van der Waals surface area (Å²) in [5, 5.41) is 8.79. The predicted molar refractivity (Wildman–Crippen MR) is 64.8 cm³/mol. The van der Waals surface area contributed by atoms with Crippen LogP contribution in [0, 0.1) is 23.0 Å². The molecule has 1 saturated heterocycles. The third kappa shape index (κ3) is 2.17. The highest BCUT2D eigenvalue weighted by atomic mass is 19.1. The summed E-state index contributed by atoms with van der Waals surface area (Å²) in [5.74, 6) is -0.653. The van der Waals surface area contributed by atoms with Gasteiger partial charge >= 0.3 is 6.09 Å². The first-order chi connectivity index (χ1) is 8.97. The van der Waals surface area contributed by atoms with Crippen molar-refractivity contribution in [2.75, 3.05) is 13.1 Å². The Balaban J connectivity index is 1.54. The van der Waals surface area contributed by atoms with Gasteiger partial charge < -0.3 is 10.0 Å². The maximum absolute atomic E-state index is 13.5. The molecule has 0 bridgehead atoms. The Kier molecular flexibility index (Phi) is 2.73. The number of halogens is 2. The largest absolute Gasteiger partial charge is 0.465 e. The number of hydrogen-bond donors (Lipinski definition) is 1. The zero-order valence-electron chi connectivity index (χ0n) is 10.4. The zero-order valence-corrected chi connectivity index (χ0v) is 10.4. The maximum atomic E-state index is 13.5. The van der Waals surface area contributed by atoms with E-state index in [4.69, 9.17) is 5.11 Å². The molecular formula is C14H15F2NO2. The van der Waals surface area contributed by atoms with Crippen LogP contribution in [0.2, 0.25) is 0 Å². The highest BCUT2D eigenvalue weighted by Crippen LogP contribution is 2.52. The Morgan fingerprint density at radius 2 is 2.05 bits per heavy atom. The minimum atomic E-state index is -0.862. The van der Waals surface area contributed by atoms with Crippen molar-refractivity contribution in [3.05, 3.63) is 35.4 Å². The Morgan fingerprint density at radius 1 is 1.37 bits per heavy atom. The quantitative estimate of drug-likeness (QED) is 0.895. The number of hydrogen-bond acceptors (Lipinski definition) is 1. The first kappa shape index (κ1) is 12.4. The molecule has 0 unspecified atom stereocenters. The standard InChI is InChI=1S/C14H15F2NO2/c15-11-2-1-10(12(16)4-11)3-9-5-14(6-9)7-17(8-14)13(18)19/h1-2,4,9H,3,5-8H2,(H,18,19). The van der Waals surface area contributed by atoms with E-state index in [2.05, 4.69) is 0 Å². The zero-order chi connectivity index (χ0) is 13.6. The van der Waals surface area contributed by atoms with E-state index in [0.29, 0.717) is 31.0 Å². The van der Waals surface area contributed by atoms with E-state index >= 15 is 0 Å². The summed E-state index contributed by atoms with van der Waals surface area (Å²) >= 11 is 0. The summed E-state index contributed by atoms with van der Waals surface area (Å²) < 4.78 is 26.3. The van der Waals surface area contributed by atoms with Gasteiger partial charge in [0.1, 0.15) is 11.6 Å². The lowest BCUT2D eigenvalue weighted by Crippen LogP contribution is -2.63. The van der Waals surface area contributed by atoms with Crippen LogP contribution in [0.1, 0.15) is 18.4 Å². The molecule has 1 amide bonds. The number of amides is 1. The molecule has 1 spiro atoms. The van der Waals surface area contributed by atoms with E-state index in [1.165, 1.54) is 17.0 Å². The van der Waals surface area contributed by atoms with Crippen LogP contribution in [0.4, 0.5) is 13.6 Å². The number of nitrogens with zero attached hydrogens (tertiary/aromatic N) is 1. The van der Waals surface area contributed by atoms with E-state index in [-0.39, 0.29) is 5.41 Å². The molecule has 3 nitrogen and oxygen atoms in total. The van der Waals surface area contributed by atoms with Crippen molar-refractivity contribution < 1.29 is 18.7 Å². The molecule has 0 atom stereocenters. The van der Waals surface area contributed by atoms with Gasteiger partial charge in [-0.1, -0.05) is 6.07 Å². The van der Waals surface area contributed by atoms with Gasteiger partial charge in [-0.3, -0.25) is 0 Å². The molecule has 1 N–H and O–H groups in total. The normalized spacial score (nSPS) is 21.1. The number of likely N-dealkylation sites (tertiary alicyclic amines) is 1. The van der Waals surface area contributed by atoms with Crippen LogP contribution >= 0.6 is 0 Å². The van der Waals surface area contributed by atoms with E-state index in [1.54, 1.807) is 0 Å². The van der Waals surface area contributed by atoms with E-state index < -0.39 is 17.7 Å². The van der Waals surface area contributed by atoms with E-state index in [1.807, 2.05) is 0 Å². The van der Waals surface area contributed by atoms with Crippen molar-refractivity contribution in [2.45, 2.75) is 19.3 Å². The second-order valence-electron chi connectivity index (χ2n) is 5.85. The highest BCUT2D eigenvalue weighted by molar-refractivity contribution is 5.66. The van der Waals surface area contributed by atoms with Gasteiger partial charge in [-0.2, -0.15) is 0 Å². The van der Waals surface area contributed by atoms with E-state index in [0.717, 1.165) is 18.9 Å². The van der Waals surface area contributed by atoms with Crippen LogP contribution < -0.4 is 0 Å². The Morgan fingerprint density at radius 3 is 2.63 bits per heavy atom. The molecule has 0 radical (unpaired) electrons. The summed E-state index contributed by atoms with van der Waals surface area (Å²) in [7, 11) is 0. The van der Waals surface area contributed by atoms with Crippen molar-refractivity contribution in [3.8, 4) is 0 Å². The first-order valence-electron chi connectivity index (χ1n) is 6.39. The second-order valence-corrected chi connectivity index (χ2v) is 5.85. The summed E-state index contributed by atoms with van der Waals surface area (Å²) in [6.45, 7) is 1.20. The summed E-state index contributed by atoms with van der Waals surface area (Å²) in [6.07, 6.45) is 1.63. The van der Waals surface area contributed by atoms with Crippen LogP contribution in [0.3, 0.4) is 0 Å². The average molecular weight is 267 g/mol.